The highest BCUT2D eigenvalue weighted by Gasteiger charge is 2.23. The number of nitrogens with zero attached hydrogens (tertiary/aromatic N) is 2. The molecule has 0 amide bonds. The van der Waals surface area contributed by atoms with Crippen LogP contribution in [0.5, 0.6) is 0 Å². The van der Waals surface area contributed by atoms with Crippen LogP contribution < -0.4 is 10.6 Å². The lowest BCUT2D eigenvalue weighted by Gasteiger charge is -2.35. The Morgan fingerprint density at radius 2 is 2.11 bits per heavy atom. The van der Waals surface area contributed by atoms with Gasteiger partial charge in [0.05, 0.1) is 5.52 Å². The number of nitrogen functional groups attached to an aromatic ring is 1. The summed E-state index contributed by atoms with van der Waals surface area (Å²) in [4.78, 5) is 6.91. The maximum atomic E-state index is 7.75. The van der Waals surface area contributed by atoms with Crippen LogP contribution in [0, 0.1) is 5.41 Å². The molecule has 3 rings (SSSR count). The molecule has 0 atom stereocenters. The van der Waals surface area contributed by atoms with E-state index >= 15 is 0 Å². The van der Waals surface area contributed by atoms with Crippen LogP contribution in [-0.4, -0.2) is 23.9 Å². The third-order valence-electron chi connectivity index (χ3n) is 3.98. The van der Waals surface area contributed by atoms with E-state index in [1.807, 2.05) is 30.3 Å². The van der Waals surface area contributed by atoms with Gasteiger partial charge in [-0.25, -0.2) is 4.98 Å². The van der Waals surface area contributed by atoms with Gasteiger partial charge >= 0.3 is 0 Å². The highest BCUT2D eigenvalue weighted by atomic mass is 15.2. The van der Waals surface area contributed by atoms with Crippen molar-refractivity contribution in [3.8, 4) is 0 Å². The van der Waals surface area contributed by atoms with Crippen molar-refractivity contribution in [2.75, 3.05) is 11.9 Å². The largest absolute Gasteiger partial charge is 0.384 e. The van der Waals surface area contributed by atoms with Crippen molar-refractivity contribution in [2.24, 2.45) is 5.73 Å². The highest BCUT2D eigenvalue weighted by molar-refractivity contribution is 6.07. The molecule has 98 valence electrons. The summed E-state index contributed by atoms with van der Waals surface area (Å²) in [6.07, 6.45) is 3.74. The first-order chi connectivity index (χ1) is 9.16. The Labute approximate surface area is 112 Å². The first kappa shape index (κ1) is 12.0. The van der Waals surface area contributed by atoms with Gasteiger partial charge in [0, 0.05) is 24.0 Å². The van der Waals surface area contributed by atoms with Crippen LogP contribution in [0.25, 0.3) is 10.9 Å². The number of rotatable bonds is 3. The van der Waals surface area contributed by atoms with Crippen LogP contribution in [-0.2, 0) is 0 Å². The van der Waals surface area contributed by atoms with Crippen LogP contribution in [0.1, 0.15) is 24.8 Å². The Balaban J connectivity index is 2.12. The summed E-state index contributed by atoms with van der Waals surface area (Å²) >= 11 is 0. The molecule has 1 aliphatic rings. The smallest absolute Gasteiger partial charge is 0.129 e. The van der Waals surface area contributed by atoms with E-state index in [-0.39, 0.29) is 5.84 Å². The second-order valence-electron chi connectivity index (χ2n) is 5.15. The molecule has 0 aliphatic heterocycles. The van der Waals surface area contributed by atoms with E-state index in [1.54, 1.807) is 0 Å². The molecule has 0 spiro atoms. The molecule has 0 bridgehead atoms. The molecule has 4 heteroatoms. The average molecular weight is 254 g/mol. The predicted octanol–water partition coefficient (Wildman–Crippen LogP) is 2.51. The predicted molar refractivity (Wildman–Crippen MR) is 78.8 cm³/mol. The molecule has 1 fully saturated rings. The molecular weight excluding hydrogens is 236 g/mol. The fraction of sp³-hybridized carbons (Fsp3) is 0.333. The van der Waals surface area contributed by atoms with E-state index in [1.165, 1.54) is 19.3 Å². The SMILES string of the molecule is CN(c1cc(C(=N)N)c2ccccc2n1)C1CCC1. The maximum Gasteiger partial charge on any atom is 0.129 e. The summed E-state index contributed by atoms with van der Waals surface area (Å²) in [6, 6.07) is 10.4. The zero-order valence-electron chi connectivity index (χ0n) is 11.1. The Kier molecular flexibility index (Phi) is 2.85. The number of hydrogen-bond donors (Lipinski definition) is 2. The quantitative estimate of drug-likeness (QED) is 0.653. The molecule has 1 aromatic heterocycles. The van der Waals surface area contributed by atoms with Crippen molar-refractivity contribution in [1.29, 1.82) is 5.41 Å². The summed E-state index contributed by atoms with van der Waals surface area (Å²) in [7, 11) is 2.07. The third-order valence-corrected chi connectivity index (χ3v) is 3.98. The second-order valence-corrected chi connectivity index (χ2v) is 5.15. The minimum absolute atomic E-state index is 0.0989. The number of hydrogen-bond acceptors (Lipinski definition) is 3. The molecule has 0 unspecified atom stereocenters. The number of fused-ring (bicyclic) bond motifs is 1. The van der Waals surface area contributed by atoms with Crippen molar-refractivity contribution in [3.63, 3.8) is 0 Å². The number of benzene rings is 1. The lowest BCUT2D eigenvalue weighted by atomic mass is 9.92. The molecule has 0 radical (unpaired) electrons. The second kappa shape index (κ2) is 4.53. The Morgan fingerprint density at radius 1 is 1.37 bits per heavy atom. The van der Waals surface area contributed by atoms with Crippen LogP contribution in [0.15, 0.2) is 30.3 Å². The van der Waals surface area contributed by atoms with Gasteiger partial charge in [0.1, 0.15) is 11.7 Å². The average Bonchev–Trinajstić information content (AvgIpc) is 2.35. The maximum absolute atomic E-state index is 7.75. The number of para-hydroxylation sites is 1. The normalized spacial score (nSPS) is 15.2. The number of amidine groups is 1. The van der Waals surface area contributed by atoms with Crippen molar-refractivity contribution in [1.82, 2.24) is 4.98 Å². The van der Waals surface area contributed by atoms with Crippen LogP contribution in [0.2, 0.25) is 0 Å². The topological polar surface area (TPSA) is 66.0 Å². The number of nitrogens with one attached hydrogen (secondary N) is 1. The van der Waals surface area contributed by atoms with Gasteiger partial charge in [-0.3, -0.25) is 5.41 Å². The number of aromatic nitrogens is 1. The van der Waals surface area contributed by atoms with Crippen molar-refractivity contribution in [2.45, 2.75) is 25.3 Å². The van der Waals surface area contributed by atoms with Crippen LogP contribution in [0.3, 0.4) is 0 Å². The van der Waals surface area contributed by atoms with E-state index in [2.05, 4.69) is 11.9 Å². The molecule has 3 N–H and O–H groups in total. The van der Waals surface area contributed by atoms with Gasteiger partial charge in [-0.1, -0.05) is 18.2 Å². The Hall–Kier alpha value is -2.10. The van der Waals surface area contributed by atoms with Crippen LogP contribution in [0.4, 0.5) is 5.82 Å². The van der Waals surface area contributed by atoms with Gasteiger partial charge in [-0.05, 0) is 31.4 Å². The summed E-state index contributed by atoms with van der Waals surface area (Å²) in [5.74, 6) is 1.01. The summed E-state index contributed by atoms with van der Waals surface area (Å²) < 4.78 is 0. The van der Waals surface area contributed by atoms with Gasteiger partial charge in [-0.15, -0.1) is 0 Å². The molecule has 4 nitrogen and oxygen atoms in total. The van der Waals surface area contributed by atoms with E-state index < -0.39 is 0 Å². The number of pyridine rings is 1. The van der Waals surface area contributed by atoms with E-state index in [0.717, 1.165) is 22.3 Å². The molecule has 19 heavy (non-hydrogen) atoms. The van der Waals surface area contributed by atoms with E-state index in [9.17, 15) is 0 Å². The van der Waals surface area contributed by atoms with Gasteiger partial charge in [-0.2, -0.15) is 0 Å². The standard InChI is InChI=1S/C15H18N4/c1-19(10-5-4-6-10)14-9-12(15(16)17)11-7-2-3-8-13(11)18-14/h2-3,7-10H,4-6H2,1H3,(H3,16,17). The molecule has 1 heterocycles. The molecule has 1 aromatic carbocycles. The van der Waals surface area contributed by atoms with Gasteiger partial charge in [0.2, 0.25) is 0 Å². The summed E-state index contributed by atoms with van der Waals surface area (Å²) in [5.41, 5.74) is 7.38. The Bertz CT molecular complexity index is 631. The zero-order chi connectivity index (χ0) is 13.4. The fourth-order valence-corrected chi connectivity index (χ4v) is 2.53. The molecule has 1 saturated carbocycles. The third kappa shape index (κ3) is 2.03. The molecule has 0 saturated heterocycles. The van der Waals surface area contributed by atoms with Gasteiger partial charge in [0.15, 0.2) is 0 Å². The van der Waals surface area contributed by atoms with Crippen LogP contribution >= 0.6 is 0 Å². The zero-order valence-corrected chi connectivity index (χ0v) is 11.1. The van der Waals surface area contributed by atoms with Crippen molar-refractivity contribution >= 4 is 22.6 Å². The van der Waals surface area contributed by atoms with Crippen molar-refractivity contribution in [3.05, 3.63) is 35.9 Å². The van der Waals surface area contributed by atoms with E-state index in [4.69, 9.17) is 16.1 Å². The first-order valence-electron chi connectivity index (χ1n) is 6.64. The lowest BCUT2D eigenvalue weighted by Crippen LogP contribution is -2.37. The van der Waals surface area contributed by atoms with Crippen molar-refractivity contribution < 1.29 is 0 Å². The minimum atomic E-state index is 0.0989. The minimum Gasteiger partial charge on any atom is -0.384 e. The fourth-order valence-electron chi connectivity index (χ4n) is 2.53. The number of anilines is 1. The summed E-state index contributed by atoms with van der Waals surface area (Å²) in [5, 5.41) is 8.70. The number of nitrogens with two attached hydrogens (primary N) is 1. The molecule has 1 aliphatic carbocycles. The summed E-state index contributed by atoms with van der Waals surface area (Å²) in [6.45, 7) is 0. The highest BCUT2D eigenvalue weighted by Crippen LogP contribution is 2.29. The van der Waals surface area contributed by atoms with E-state index in [0.29, 0.717) is 6.04 Å². The monoisotopic (exact) mass is 254 g/mol. The molecular formula is C15H18N4. The van der Waals surface area contributed by atoms with Gasteiger partial charge in [0.25, 0.3) is 0 Å². The lowest BCUT2D eigenvalue weighted by molar-refractivity contribution is 0.399. The Morgan fingerprint density at radius 3 is 2.74 bits per heavy atom. The molecule has 2 aromatic rings. The first-order valence-corrected chi connectivity index (χ1v) is 6.64. The van der Waals surface area contributed by atoms with Gasteiger partial charge < -0.3 is 10.6 Å².